The Morgan fingerprint density at radius 3 is 1.11 bits per heavy atom. The predicted molar refractivity (Wildman–Crippen MR) is 136 cm³/mol. The summed E-state index contributed by atoms with van der Waals surface area (Å²) >= 11 is 0. The fourth-order valence-corrected chi connectivity index (χ4v) is 4.24. The lowest BCUT2D eigenvalue weighted by Crippen LogP contribution is -2.21. The third kappa shape index (κ3) is 4.01. The van der Waals surface area contributed by atoms with E-state index < -0.39 is 0 Å². The van der Waals surface area contributed by atoms with E-state index >= 15 is 0 Å². The van der Waals surface area contributed by atoms with Gasteiger partial charge in [0, 0.05) is 0 Å². The summed E-state index contributed by atoms with van der Waals surface area (Å²) in [6, 6.07) is 33.5. The lowest BCUT2D eigenvalue weighted by molar-refractivity contribution is -0.117. The quantitative estimate of drug-likeness (QED) is 0.380. The zero-order valence-electron chi connectivity index (χ0n) is 19.0. The molecule has 174 valence electrons. The molecule has 0 unspecified atom stereocenters. The van der Waals surface area contributed by atoms with E-state index in [1.165, 1.54) is 0 Å². The number of benzene rings is 4. The van der Waals surface area contributed by atoms with Gasteiger partial charge >= 0.3 is 0 Å². The van der Waals surface area contributed by atoms with Crippen molar-refractivity contribution in [2.24, 2.45) is 0 Å². The fourth-order valence-electron chi connectivity index (χ4n) is 4.24. The number of hydrogen-bond donors (Lipinski definition) is 2. The average Bonchev–Trinajstić information content (AvgIpc) is 3.44. The molecule has 2 amide bonds. The molecule has 36 heavy (non-hydrogen) atoms. The second kappa shape index (κ2) is 8.92. The molecule has 4 aromatic rings. The Balaban J connectivity index is 1.28. The van der Waals surface area contributed by atoms with Crippen LogP contribution < -0.4 is 20.1 Å². The lowest BCUT2D eigenvalue weighted by Gasteiger charge is -2.10. The molecule has 4 aromatic carbocycles. The highest BCUT2D eigenvalue weighted by Gasteiger charge is 2.40. The summed E-state index contributed by atoms with van der Waals surface area (Å²) in [5.74, 6) is 2.14. The maximum atomic E-state index is 12.9. The first-order valence-electron chi connectivity index (χ1n) is 11.4. The SMILES string of the molecule is O=C1NC(c2ccc(Oc3ccccc3)cc2)=C2C(=O)NC(c3ccc(Oc4ccccc4)cc3)=C12. The van der Waals surface area contributed by atoms with Crippen molar-refractivity contribution in [1.82, 2.24) is 10.6 Å². The molecule has 0 aromatic heterocycles. The van der Waals surface area contributed by atoms with E-state index in [1.54, 1.807) is 0 Å². The highest BCUT2D eigenvalue weighted by atomic mass is 16.5. The molecule has 2 N–H and O–H groups in total. The van der Waals surface area contributed by atoms with Gasteiger partial charge in [-0.25, -0.2) is 0 Å². The number of nitrogens with one attached hydrogen (secondary N) is 2. The van der Waals surface area contributed by atoms with Gasteiger partial charge in [0.15, 0.2) is 0 Å². The minimum Gasteiger partial charge on any atom is -0.457 e. The van der Waals surface area contributed by atoms with Crippen LogP contribution in [0.1, 0.15) is 11.1 Å². The van der Waals surface area contributed by atoms with Crippen LogP contribution in [0.4, 0.5) is 0 Å². The van der Waals surface area contributed by atoms with Gasteiger partial charge in [0.05, 0.1) is 22.5 Å². The number of rotatable bonds is 6. The molecule has 2 aliphatic heterocycles. The fraction of sp³-hybridized carbons (Fsp3) is 0. The molecule has 0 saturated carbocycles. The van der Waals surface area contributed by atoms with Gasteiger partial charge in [-0.1, -0.05) is 36.4 Å². The molecule has 6 nitrogen and oxygen atoms in total. The molecular weight excluding hydrogens is 452 g/mol. The van der Waals surface area contributed by atoms with Crippen molar-refractivity contribution in [2.75, 3.05) is 0 Å². The second-order valence-electron chi connectivity index (χ2n) is 8.29. The maximum Gasteiger partial charge on any atom is 0.258 e. The van der Waals surface area contributed by atoms with Crippen LogP contribution in [0, 0.1) is 0 Å². The maximum absolute atomic E-state index is 12.9. The van der Waals surface area contributed by atoms with Crippen LogP contribution in [0.3, 0.4) is 0 Å². The summed E-state index contributed by atoms with van der Waals surface area (Å²) in [6.07, 6.45) is 0. The molecule has 0 bridgehead atoms. The van der Waals surface area contributed by atoms with Crippen molar-refractivity contribution in [3.8, 4) is 23.0 Å². The molecule has 6 heteroatoms. The van der Waals surface area contributed by atoms with E-state index in [0.29, 0.717) is 34.0 Å². The van der Waals surface area contributed by atoms with Crippen molar-refractivity contribution in [3.05, 3.63) is 131 Å². The number of para-hydroxylation sites is 2. The van der Waals surface area contributed by atoms with Crippen molar-refractivity contribution >= 4 is 23.2 Å². The van der Waals surface area contributed by atoms with E-state index in [2.05, 4.69) is 10.6 Å². The zero-order valence-corrected chi connectivity index (χ0v) is 19.0. The molecule has 0 fully saturated rings. The zero-order chi connectivity index (χ0) is 24.5. The molecular formula is C30H20N2O4. The van der Waals surface area contributed by atoms with Gasteiger partial charge in [0.2, 0.25) is 0 Å². The Bertz CT molecular complexity index is 1400. The Hall–Kier alpha value is -5.10. The molecule has 0 spiro atoms. The highest BCUT2D eigenvalue weighted by Crippen LogP contribution is 2.38. The van der Waals surface area contributed by atoms with E-state index in [4.69, 9.17) is 9.47 Å². The molecule has 2 aliphatic rings. The Morgan fingerprint density at radius 2 is 0.750 bits per heavy atom. The highest BCUT2D eigenvalue weighted by molar-refractivity contribution is 6.30. The number of fused-ring (bicyclic) bond motifs is 1. The van der Waals surface area contributed by atoms with Gasteiger partial charge in [-0.2, -0.15) is 0 Å². The lowest BCUT2D eigenvalue weighted by atomic mass is 10.0. The Labute approximate surface area is 207 Å². The van der Waals surface area contributed by atoms with Crippen LogP contribution in [0.15, 0.2) is 120 Å². The van der Waals surface area contributed by atoms with Crippen LogP contribution in [-0.4, -0.2) is 11.8 Å². The summed E-state index contributed by atoms with van der Waals surface area (Å²) in [7, 11) is 0. The van der Waals surface area contributed by atoms with E-state index in [0.717, 1.165) is 22.6 Å². The molecule has 0 atom stereocenters. The molecule has 6 rings (SSSR count). The molecule has 2 heterocycles. The van der Waals surface area contributed by atoms with Crippen molar-refractivity contribution < 1.29 is 19.1 Å². The molecule has 0 saturated heterocycles. The monoisotopic (exact) mass is 472 g/mol. The van der Waals surface area contributed by atoms with Crippen LogP contribution in [0.2, 0.25) is 0 Å². The number of carbonyl (C=O) groups excluding carboxylic acids is 2. The van der Waals surface area contributed by atoms with Gasteiger partial charge in [0.25, 0.3) is 11.8 Å². The third-order valence-electron chi connectivity index (χ3n) is 5.92. The van der Waals surface area contributed by atoms with E-state index in [9.17, 15) is 9.59 Å². The second-order valence-corrected chi connectivity index (χ2v) is 8.29. The van der Waals surface area contributed by atoms with Crippen molar-refractivity contribution in [1.29, 1.82) is 0 Å². The summed E-state index contributed by atoms with van der Waals surface area (Å²) in [5, 5.41) is 5.74. The van der Waals surface area contributed by atoms with Crippen molar-refractivity contribution in [3.63, 3.8) is 0 Å². The van der Waals surface area contributed by atoms with Gasteiger partial charge < -0.3 is 20.1 Å². The third-order valence-corrected chi connectivity index (χ3v) is 5.92. The smallest absolute Gasteiger partial charge is 0.258 e. The summed E-state index contributed by atoms with van der Waals surface area (Å²) in [6.45, 7) is 0. The first kappa shape index (κ1) is 21.4. The number of hydrogen-bond acceptors (Lipinski definition) is 4. The first-order chi connectivity index (χ1) is 17.7. The van der Waals surface area contributed by atoms with E-state index in [-0.39, 0.29) is 11.8 Å². The number of ether oxygens (including phenoxy) is 2. The average molecular weight is 473 g/mol. The standard InChI is InChI=1S/C30H20N2O4/c33-29-25-26(28(32-29)20-13-17-24(18-14-20)36-22-9-5-2-6-10-22)30(34)31-27(25)19-11-15-23(16-12-19)35-21-7-3-1-4-8-21/h1-18H,(H,31,34)(H,32,33). The summed E-state index contributed by atoms with van der Waals surface area (Å²) < 4.78 is 11.7. The van der Waals surface area contributed by atoms with Gasteiger partial charge in [0.1, 0.15) is 23.0 Å². The largest absolute Gasteiger partial charge is 0.457 e. The topological polar surface area (TPSA) is 76.7 Å². The van der Waals surface area contributed by atoms with Gasteiger partial charge in [-0.3, -0.25) is 9.59 Å². The van der Waals surface area contributed by atoms with Crippen LogP contribution in [-0.2, 0) is 9.59 Å². The molecule has 0 radical (unpaired) electrons. The number of carbonyl (C=O) groups is 2. The first-order valence-corrected chi connectivity index (χ1v) is 11.4. The van der Waals surface area contributed by atoms with Crippen LogP contribution in [0.5, 0.6) is 23.0 Å². The Morgan fingerprint density at radius 1 is 0.417 bits per heavy atom. The van der Waals surface area contributed by atoms with Crippen LogP contribution >= 0.6 is 0 Å². The van der Waals surface area contributed by atoms with E-state index in [1.807, 2.05) is 109 Å². The summed E-state index contributed by atoms with van der Waals surface area (Å²) in [4.78, 5) is 25.9. The minimum absolute atomic E-state index is 0.317. The normalized spacial score (nSPS) is 14.4. The number of amides is 2. The van der Waals surface area contributed by atoms with Gasteiger partial charge in [-0.05, 0) is 83.9 Å². The molecule has 0 aliphatic carbocycles. The summed E-state index contributed by atoms with van der Waals surface area (Å²) in [5.41, 5.74) is 3.09. The van der Waals surface area contributed by atoms with Crippen molar-refractivity contribution in [2.45, 2.75) is 0 Å². The Kier molecular flexibility index (Phi) is 5.31. The minimum atomic E-state index is -0.317. The van der Waals surface area contributed by atoms with Gasteiger partial charge in [-0.15, -0.1) is 0 Å². The van der Waals surface area contributed by atoms with Crippen LogP contribution in [0.25, 0.3) is 11.4 Å². The predicted octanol–water partition coefficient (Wildman–Crippen LogP) is 5.65.